The first-order valence-electron chi connectivity index (χ1n) is 8.17. The van der Waals surface area contributed by atoms with Gasteiger partial charge in [-0.3, -0.25) is 4.90 Å². The SMILES string of the molecule is C[C@@H]1CN(Cc2cncn2C2CCCCC2)CCCO1. The van der Waals surface area contributed by atoms with Gasteiger partial charge in [0, 0.05) is 38.5 Å². The zero-order chi connectivity index (χ0) is 13.8. The zero-order valence-electron chi connectivity index (χ0n) is 12.6. The van der Waals surface area contributed by atoms with Gasteiger partial charge in [-0.05, 0) is 26.2 Å². The van der Waals surface area contributed by atoms with Gasteiger partial charge in [0.25, 0.3) is 0 Å². The van der Waals surface area contributed by atoms with E-state index in [4.69, 9.17) is 4.74 Å². The molecule has 0 amide bonds. The fourth-order valence-corrected chi connectivity index (χ4v) is 3.60. The van der Waals surface area contributed by atoms with Crippen molar-refractivity contribution < 1.29 is 4.74 Å². The van der Waals surface area contributed by atoms with E-state index in [1.165, 1.54) is 37.8 Å². The van der Waals surface area contributed by atoms with Gasteiger partial charge < -0.3 is 9.30 Å². The minimum atomic E-state index is 0.351. The Balaban J connectivity index is 1.66. The van der Waals surface area contributed by atoms with Gasteiger partial charge in [-0.1, -0.05) is 19.3 Å². The average Bonchev–Trinajstić information content (AvgIpc) is 2.82. The van der Waals surface area contributed by atoms with Gasteiger partial charge in [0.05, 0.1) is 18.1 Å². The Morgan fingerprint density at radius 3 is 2.95 bits per heavy atom. The molecule has 1 aliphatic heterocycles. The van der Waals surface area contributed by atoms with Crippen molar-refractivity contribution in [3.63, 3.8) is 0 Å². The predicted molar refractivity (Wildman–Crippen MR) is 79.7 cm³/mol. The number of rotatable bonds is 3. The summed E-state index contributed by atoms with van der Waals surface area (Å²) in [6.45, 7) is 6.27. The maximum atomic E-state index is 5.73. The van der Waals surface area contributed by atoms with Crippen LogP contribution in [0.4, 0.5) is 0 Å². The summed E-state index contributed by atoms with van der Waals surface area (Å²) in [5.41, 5.74) is 1.38. The quantitative estimate of drug-likeness (QED) is 0.851. The van der Waals surface area contributed by atoms with Crippen LogP contribution in [0.25, 0.3) is 0 Å². The van der Waals surface area contributed by atoms with Crippen molar-refractivity contribution in [1.29, 1.82) is 0 Å². The van der Waals surface area contributed by atoms with E-state index in [1.807, 2.05) is 6.33 Å². The Morgan fingerprint density at radius 1 is 1.25 bits per heavy atom. The third kappa shape index (κ3) is 3.41. The lowest BCUT2D eigenvalue weighted by Crippen LogP contribution is -2.31. The molecule has 0 aromatic carbocycles. The van der Waals surface area contributed by atoms with Gasteiger partial charge in [0.2, 0.25) is 0 Å². The van der Waals surface area contributed by atoms with Gasteiger partial charge in [-0.25, -0.2) is 4.98 Å². The summed E-state index contributed by atoms with van der Waals surface area (Å²) in [7, 11) is 0. The number of hydrogen-bond acceptors (Lipinski definition) is 3. The molecule has 1 atom stereocenters. The molecule has 3 rings (SSSR count). The smallest absolute Gasteiger partial charge is 0.0951 e. The van der Waals surface area contributed by atoms with Crippen molar-refractivity contribution in [2.24, 2.45) is 0 Å². The molecular formula is C16H27N3O. The van der Waals surface area contributed by atoms with E-state index in [9.17, 15) is 0 Å². The number of imidazole rings is 1. The Labute approximate surface area is 122 Å². The molecule has 4 nitrogen and oxygen atoms in total. The van der Waals surface area contributed by atoms with Crippen LogP contribution in [-0.2, 0) is 11.3 Å². The molecule has 1 aromatic rings. The molecule has 2 heterocycles. The van der Waals surface area contributed by atoms with Crippen LogP contribution in [0.15, 0.2) is 12.5 Å². The van der Waals surface area contributed by atoms with Crippen molar-refractivity contribution in [3.05, 3.63) is 18.2 Å². The lowest BCUT2D eigenvalue weighted by molar-refractivity contribution is 0.0664. The molecule has 1 saturated heterocycles. The first kappa shape index (κ1) is 14.1. The average molecular weight is 277 g/mol. The highest BCUT2D eigenvalue weighted by molar-refractivity contribution is 5.01. The van der Waals surface area contributed by atoms with Crippen LogP contribution in [0.5, 0.6) is 0 Å². The second-order valence-corrected chi connectivity index (χ2v) is 6.35. The molecule has 4 heteroatoms. The van der Waals surface area contributed by atoms with Crippen molar-refractivity contribution >= 4 is 0 Å². The predicted octanol–water partition coefficient (Wildman–Crippen LogP) is 3.00. The minimum Gasteiger partial charge on any atom is -0.377 e. The van der Waals surface area contributed by atoms with Gasteiger partial charge in [0.1, 0.15) is 0 Å². The molecule has 0 N–H and O–H groups in total. The van der Waals surface area contributed by atoms with Crippen LogP contribution in [0.2, 0.25) is 0 Å². The largest absolute Gasteiger partial charge is 0.377 e. The maximum Gasteiger partial charge on any atom is 0.0951 e. The summed E-state index contributed by atoms with van der Waals surface area (Å²) in [6.07, 6.45) is 12.4. The molecule has 0 unspecified atom stereocenters. The summed E-state index contributed by atoms with van der Waals surface area (Å²) in [5, 5.41) is 0. The third-order valence-electron chi connectivity index (χ3n) is 4.64. The number of aromatic nitrogens is 2. The second kappa shape index (κ2) is 6.72. The summed E-state index contributed by atoms with van der Waals surface area (Å²) < 4.78 is 8.17. The lowest BCUT2D eigenvalue weighted by atomic mass is 9.95. The normalized spacial score (nSPS) is 26.6. The highest BCUT2D eigenvalue weighted by atomic mass is 16.5. The molecular weight excluding hydrogens is 250 g/mol. The topological polar surface area (TPSA) is 30.3 Å². The maximum absolute atomic E-state index is 5.73. The second-order valence-electron chi connectivity index (χ2n) is 6.35. The molecule has 1 aromatic heterocycles. The molecule has 0 bridgehead atoms. The van der Waals surface area contributed by atoms with Gasteiger partial charge in [-0.15, -0.1) is 0 Å². The Morgan fingerprint density at radius 2 is 2.10 bits per heavy atom. The number of ether oxygens (including phenoxy) is 1. The first-order valence-corrected chi connectivity index (χ1v) is 8.17. The van der Waals surface area contributed by atoms with Crippen LogP contribution in [0, 0.1) is 0 Å². The molecule has 2 aliphatic rings. The number of hydrogen-bond donors (Lipinski definition) is 0. The van der Waals surface area contributed by atoms with E-state index in [0.29, 0.717) is 12.1 Å². The molecule has 0 spiro atoms. The highest BCUT2D eigenvalue weighted by Gasteiger charge is 2.20. The van der Waals surface area contributed by atoms with Crippen LogP contribution in [-0.4, -0.2) is 40.3 Å². The zero-order valence-corrected chi connectivity index (χ0v) is 12.6. The lowest BCUT2D eigenvalue weighted by Gasteiger charge is -2.27. The van der Waals surface area contributed by atoms with Gasteiger partial charge in [-0.2, -0.15) is 0 Å². The van der Waals surface area contributed by atoms with Crippen molar-refractivity contribution in [2.75, 3.05) is 19.7 Å². The monoisotopic (exact) mass is 277 g/mol. The summed E-state index contributed by atoms with van der Waals surface area (Å²) in [6, 6.07) is 0.682. The van der Waals surface area contributed by atoms with Crippen LogP contribution >= 0.6 is 0 Å². The fourth-order valence-electron chi connectivity index (χ4n) is 3.60. The van der Waals surface area contributed by atoms with E-state index in [2.05, 4.69) is 27.6 Å². The van der Waals surface area contributed by atoms with Crippen molar-refractivity contribution in [3.8, 4) is 0 Å². The van der Waals surface area contributed by atoms with E-state index in [1.54, 1.807) is 0 Å². The molecule has 20 heavy (non-hydrogen) atoms. The van der Waals surface area contributed by atoms with Crippen molar-refractivity contribution in [1.82, 2.24) is 14.5 Å². The van der Waals surface area contributed by atoms with E-state index in [0.717, 1.165) is 32.7 Å². The first-order chi connectivity index (χ1) is 9.83. The Hall–Kier alpha value is -0.870. The summed E-state index contributed by atoms with van der Waals surface area (Å²) in [5.74, 6) is 0. The number of nitrogens with zero attached hydrogens (tertiary/aromatic N) is 3. The van der Waals surface area contributed by atoms with Crippen molar-refractivity contribution in [2.45, 2.75) is 64.1 Å². The Kier molecular flexibility index (Phi) is 4.73. The fraction of sp³-hybridized carbons (Fsp3) is 0.812. The van der Waals surface area contributed by atoms with E-state index >= 15 is 0 Å². The molecule has 1 saturated carbocycles. The molecule has 0 radical (unpaired) electrons. The highest BCUT2D eigenvalue weighted by Crippen LogP contribution is 2.29. The van der Waals surface area contributed by atoms with E-state index in [-0.39, 0.29) is 0 Å². The summed E-state index contributed by atoms with van der Waals surface area (Å²) in [4.78, 5) is 6.93. The standard InChI is InChI=1S/C16H27N3O/c1-14-11-18(8-5-9-20-14)12-16-10-17-13-19(16)15-6-3-2-4-7-15/h10,13-15H,2-9,11-12H2,1H3/t14-/m1/s1. The van der Waals surface area contributed by atoms with Gasteiger partial charge in [0.15, 0.2) is 0 Å². The van der Waals surface area contributed by atoms with E-state index < -0.39 is 0 Å². The summed E-state index contributed by atoms with van der Waals surface area (Å²) >= 11 is 0. The third-order valence-corrected chi connectivity index (χ3v) is 4.64. The van der Waals surface area contributed by atoms with Gasteiger partial charge >= 0.3 is 0 Å². The molecule has 1 aliphatic carbocycles. The Bertz CT molecular complexity index is 412. The minimum absolute atomic E-state index is 0.351. The molecule has 112 valence electrons. The van der Waals surface area contributed by atoms with Crippen LogP contribution in [0.1, 0.15) is 57.2 Å². The molecule has 2 fully saturated rings. The van der Waals surface area contributed by atoms with Crippen LogP contribution < -0.4 is 0 Å². The van der Waals surface area contributed by atoms with Crippen LogP contribution in [0.3, 0.4) is 0 Å².